The topological polar surface area (TPSA) is 65.6 Å². The van der Waals surface area contributed by atoms with Gasteiger partial charge in [-0.25, -0.2) is 15.0 Å². The van der Waals surface area contributed by atoms with Crippen LogP contribution in [0, 0.1) is 5.92 Å². The number of halogens is 1. The summed E-state index contributed by atoms with van der Waals surface area (Å²) >= 11 is 3.49. The number of aryl methyl sites for hydroxylation is 1. The third-order valence-electron chi connectivity index (χ3n) is 4.64. The van der Waals surface area contributed by atoms with Crippen molar-refractivity contribution in [3.05, 3.63) is 63.4 Å². The van der Waals surface area contributed by atoms with Gasteiger partial charge in [-0.1, -0.05) is 29.8 Å². The van der Waals surface area contributed by atoms with Gasteiger partial charge in [0.1, 0.15) is 5.82 Å². The van der Waals surface area contributed by atoms with Crippen LogP contribution in [-0.2, 0) is 13.1 Å². The number of nitrogens with zero attached hydrogens (tertiary/aromatic N) is 5. The highest BCUT2D eigenvalue weighted by atomic mass is 79.9. The van der Waals surface area contributed by atoms with Gasteiger partial charge in [0.15, 0.2) is 5.65 Å². The average Bonchev–Trinajstić information content (AvgIpc) is 2.99. The van der Waals surface area contributed by atoms with Crippen LogP contribution in [0.2, 0.25) is 0 Å². The highest BCUT2D eigenvalue weighted by Gasteiger charge is 2.14. The first-order valence-corrected chi connectivity index (χ1v) is 9.77. The zero-order valence-electron chi connectivity index (χ0n) is 15.3. The molecule has 0 saturated carbocycles. The Morgan fingerprint density at radius 3 is 2.78 bits per heavy atom. The van der Waals surface area contributed by atoms with Gasteiger partial charge in [-0.15, -0.1) is 0 Å². The summed E-state index contributed by atoms with van der Waals surface area (Å²) in [6.45, 7) is 5.63. The molecule has 0 amide bonds. The molecule has 0 fully saturated rings. The van der Waals surface area contributed by atoms with Crippen LogP contribution < -0.4 is 5.56 Å². The largest absolute Gasteiger partial charge is 0.325 e. The minimum absolute atomic E-state index is 0.143. The van der Waals surface area contributed by atoms with E-state index in [0.717, 1.165) is 39.8 Å². The lowest BCUT2D eigenvalue weighted by Gasteiger charge is -2.13. The molecule has 0 saturated heterocycles. The van der Waals surface area contributed by atoms with E-state index in [4.69, 9.17) is 4.98 Å². The number of hydrogen-bond acceptors (Lipinski definition) is 4. The molecular formula is C20H20BrN5O. The van der Waals surface area contributed by atoms with Gasteiger partial charge >= 0.3 is 0 Å². The Hall–Kier alpha value is -2.54. The number of hydrogen-bond donors (Lipinski definition) is 0. The van der Waals surface area contributed by atoms with Gasteiger partial charge in [-0.3, -0.25) is 9.36 Å². The summed E-state index contributed by atoms with van der Waals surface area (Å²) in [5, 5.41) is 0. The molecule has 27 heavy (non-hydrogen) atoms. The predicted octanol–water partition coefficient (Wildman–Crippen LogP) is 4.00. The fourth-order valence-corrected chi connectivity index (χ4v) is 3.55. The summed E-state index contributed by atoms with van der Waals surface area (Å²) < 4.78 is 4.81. The number of imidazole rings is 1. The van der Waals surface area contributed by atoms with Crippen LogP contribution in [0.4, 0.5) is 0 Å². The lowest BCUT2D eigenvalue weighted by atomic mass is 10.1. The van der Waals surface area contributed by atoms with Crippen LogP contribution in [0.5, 0.6) is 0 Å². The Bertz CT molecular complexity index is 1180. The van der Waals surface area contributed by atoms with E-state index in [1.165, 1.54) is 6.20 Å². The second kappa shape index (κ2) is 7.23. The molecule has 138 valence electrons. The summed E-state index contributed by atoms with van der Waals surface area (Å²) in [5.41, 5.74) is 3.13. The second-order valence-corrected chi connectivity index (χ2v) is 7.94. The summed E-state index contributed by atoms with van der Waals surface area (Å²) in [7, 11) is 0. The molecule has 0 unspecified atom stereocenters. The standard InChI is InChI=1S/C20H20BrN5O/c1-13(2)7-9-25-16-4-3-8-22-20(16)24-18(25)12-26-17-10-14(21)5-6-15(17)23-11-19(26)27/h3-6,8,10-11,13H,7,9,12H2,1-2H3. The van der Waals surface area contributed by atoms with Crippen LogP contribution in [0.15, 0.2) is 52.0 Å². The van der Waals surface area contributed by atoms with Crippen molar-refractivity contribution in [2.24, 2.45) is 5.92 Å². The SMILES string of the molecule is CC(C)CCn1c(Cn2c(=O)cnc3ccc(Br)cc32)nc2ncccc21. The first-order chi connectivity index (χ1) is 13.0. The van der Waals surface area contributed by atoms with Crippen LogP contribution in [-0.4, -0.2) is 24.1 Å². The van der Waals surface area contributed by atoms with Crippen LogP contribution in [0.25, 0.3) is 22.2 Å². The molecule has 4 rings (SSSR count). The van der Waals surface area contributed by atoms with Gasteiger partial charge < -0.3 is 4.57 Å². The highest BCUT2D eigenvalue weighted by Crippen LogP contribution is 2.20. The Morgan fingerprint density at radius 1 is 1.11 bits per heavy atom. The fraction of sp³-hybridized carbons (Fsp3) is 0.300. The van der Waals surface area contributed by atoms with E-state index in [1.54, 1.807) is 10.8 Å². The van der Waals surface area contributed by atoms with E-state index in [0.29, 0.717) is 18.1 Å². The van der Waals surface area contributed by atoms with Crippen molar-refractivity contribution in [2.45, 2.75) is 33.4 Å². The molecule has 4 aromatic rings. The third kappa shape index (κ3) is 3.51. The molecule has 0 aliphatic rings. The summed E-state index contributed by atoms with van der Waals surface area (Å²) in [6, 6.07) is 9.70. The van der Waals surface area contributed by atoms with Crippen LogP contribution in [0.1, 0.15) is 26.1 Å². The third-order valence-corrected chi connectivity index (χ3v) is 5.13. The van der Waals surface area contributed by atoms with E-state index in [2.05, 4.69) is 44.3 Å². The Balaban J connectivity index is 1.85. The predicted molar refractivity (Wildman–Crippen MR) is 110 cm³/mol. The fourth-order valence-electron chi connectivity index (χ4n) is 3.20. The smallest absolute Gasteiger partial charge is 0.269 e. The number of pyridine rings is 1. The van der Waals surface area contributed by atoms with Gasteiger partial charge in [0.05, 0.1) is 29.3 Å². The second-order valence-electron chi connectivity index (χ2n) is 7.02. The lowest BCUT2D eigenvalue weighted by molar-refractivity contribution is 0.507. The Morgan fingerprint density at radius 2 is 1.96 bits per heavy atom. The number of benzene rings is 1. The minimum Gasteiger partial charge on any atom is -0.325 e. The quantitative estimate of drug-likeness (QED) is 0.484. The molecule has 6 nitrogen and oxygen atoms in total. The molecule has 0 N–H and O–H groups in total. The summed E-state index contributed by atoms with van der Waals surface area (Å²) in [5.74, 6) is 1.41. The van der Waals surface area contributed by atoms with Crippen LogP contribution in [0.3, 0.4) is 0 Å². The molecule has 0 spiro atoms. The normalized spacial score (nSPS) is 11.7. The van der Waals surface area contributed by atoms with Crippen molar-refractivity contribution in [3.8, 4) is 0 Å². The van der Waals surface area contributed by atoms with Gasteiger partial charge in [-0.2, -0.15) is 0 Å². The summed E-state index contributed by atoms with van der Waals surface area (Å²) in [4.78, 5) is 25.9. The van der Waals surface area contributed by atoms with Crippen molar-refractivity contribution in [1.82, 2.24) is 24.1 Å². The van der Waals surface area contributed by atoms with Gasteiger partial charge in [0.25, 0.3) is 5.56 Å². The molecule has 0 atom stereocenters. The maximum absolute atomic E-state index is 12.6. The molecule has 0 bridgehead atoms. The number of fused-ring (bicyclic) bond motifs is 2. The van der Waals surface area contributed by atoms with Crippen molar-refractivity contribution in [1.29, 1.82) is 0 Å². The Labute approximate surface area is 165 Å². The lowest BCUT2D eigenvalue weighted by Crippen LogP contribution is -2.23. The molecule has 0 aliphatic heterocycles. The van der Waals surface area contributed by atoms with E-state index >= 15 is 0 Å². The van der Waals surface area contributed by atoms with Crippen molar-refractivity contribution in [2.75, 3.05) is 0 Å². The molecule has 1 aromatic carbocycles. The minimum atomic E-state index is -0.143. The van der Waals surface area contributed by atoms with Crippen molar-refractivity contribution < 1.29 is 0 Å². The van der Waals surface area contributed by atoms with Crippen LogP contribution >= 0.6 is 15.9 Å². The van der Waals surface area contributed by atoms with E-state index in [9.17, 15) is 4.79 Å². The average molecular weight is 426 g/mol. The first-order valence-electron chi connectivity index (χ1n) is 8.98. The molecule has 3 aromatic heterocycles. The maximum atomic E-state index is 12.6. The van der Waals surface area contributed by atoms with Crippen molar-refractivity contribution >= 4 is 38.1 Å². The Kier molecular flexibility index (Phi) is 4.78. The molecule has 3 heterocycles. The molecule has 0 radical (unpaired) electrons. The van der Waals surface area contributed by atoms with Gasteiger partial charge in [-0.05, 0) is 42.7 Å². The van der Waals surface area contributed by atoms with E-state index < -0.39 is 0 Å². The van der Waals surface area contributed by atoms with Gasteiger partial charge in [0, 0.05) is 17.2 Å². The molecule has 0 aliphatic carbocycles. The summed E-state index contributed by atoms with van der Waals surface area (Å²) in [6.07, 6.45) is 4.15. The number of rotatable bonds is 5. The zero-order valence-corrected chi connectivity index (χ0v) is 16.8. The van der Waals surface area contributed by atoms with Gasteiger partial charge in [0.2, 0.25) is 0 Å². The maximum Gasteiger partial charge on any atom is 0.269 e. The number of aromatic nitrogens is 5. The van der Waals surface area contributed by atoms with E-state index in [1.807, 2.05) is 30.3 Å². The van der Waals surface area contributed by atoms with Crippen molar-refractivity contribution in [3.63, 3.8) is 0 Å². The highest BCUT2D eigenvalue weighted by molar-refractivity contribution is 9.10. The molecule has 7 heteroatoms. The zero-order chi connectivity index (χ0) is 19.0. The molecular weight excluding hydrogens is 406 g/mol. The monoisotopic (exact) mass is 425 g/mol. The first kappa shape index (κ1) is 17.9. The van der Waals surface area contributed by atoms with E-state index in [-0.39, 0.29) is 5.56 Å².